The molecule has 28 heavy (non-hydrogen) atoms. The first-order valence-electron chi connectivity index (χ1n) is 9.07. The summed E-state index contributed by atoms with van der Waals surface area (Å²) in [6.45, 7) is 2.42. The normalized spacial score (nSPS) is 21.8. The van der Waals surface area contributed by atoms with Crippen LogP contribution in [-0.4, -0.2) is 42.0 Å². The van der Waals surface area contributed by atoms with Gasteiger partial charge in [0.25, 0.3) is 0 Å². The minimum atomic E-state index is -0.689. The number of ether oxygens (including phenoxy) is 2. The highest BCUT2D eigenvalue weighted by Crippen LogP contribution is 2.37. The third-order valence-electron chi connectivity index (χ3n) is 5.16. The summed E-state index contributed by atoms with van der Waals surface area (Å²) in [7, 11) is 1.57. The average molecular weight is 425 g/mol. The minimum Gasteiger partial charge on any atom is -0.496 e. The van der Waals surface area contributed by atoms with Gasteiger partial charge in [-0.3, -0.25) is 4.90 Å². The molecular formula is C20H22Cl2N2O4. The lowest BCUT2D eigenvalue weighted by atomic mass is 9.96. The van der Waals surface area contributed by atoms with Crippen LogP contribution in [0, 0.1) is 0 Å². The van der Waals surface area contributed by atoms with Crippen molar-refractivity contribution in [2.75, 3.05) is 26.9 Å². The summed E-state index contributed by atoms with van der Waals surface area (Å²) >= 11 is 12.5. The Kier molecular flexibility index (Phi) is 5.69. The van der Waals surface area contributed by atoms with Crippen molar-refractivity contribution < 1.29 is 19.7 Å². The van der Waals surface area contributed by atoms with E-state index in [9.17, 15) is 10.2 Å². The smallest absolute Gasteiger partial charge is 0.142 e. The van der Waals surface area contributed by atoms with E-state index in [1.807, 2.05) is 17.0 Å². The molecule has 0 bridgehead atoms. The number of aliphatic hydroxyl groups is 2. The predicted octanol–water partition coefficient (Wildman–Crippen LogP) is 3.02. The summed E-state index contributed by atoms with van der Waals surface area (Å²) in [6.07, 6.45) is -1.30. The van der Waals surface area contributed by atoms with Crippen LogP contribution >= 0.6 is 23.2 Å². The van der Waals surface area contributed by atoms with E-state index in [2.05, 4.69) is 5.32 Å². The number of halogens is 2. The van der Waals surface area contributed by atoms with Crippen LogP contribution in [0.2, 0.25) is 10.0 Å². The summed E-state index contributed by atoms with van der Waals surface area (Å²) in [5.74, 6) is 1.23. The molecule has 4 rings (SSSR count). The average Bonchev–Trinajstić information content (AvgIpc) is 2.65. The van der Waals surface area contributed by atoms with Crippen molar-refractivity contribution in [2.45, 2.75) is 25.3 Å². The molecule has 0 saturated carbocycles. The molecule has 2 atom stereocenters. The molecule has 0 aromatic heterocycles. The second-order valence-corrected chi connectivity index (χ2v) is 7.95. The molecule has 6 nitrogen and oxygen atoms in total. The van der Waals surface area contributed by atoms with Crippen LogP contribution in [0.5, 0.6) is 11.5 Å². The summed E-state index contributed by atoms with van der Waals surface area (Å²) in [5, 5.41) is 24.9. The SMILES string of the molecule is COc1cc(Cl)cc2c1C(O)CN(COc1cc(Cl)c3c(c1)CNCC3O)C2. The van der Waals surface area contributed by atoms with Crippen LogP contribution in [-0.2, 0) is 13.1 Å². The Bertz CT molecular complexity index is 893. The molecule has 0 fully saturated rings. The molecule has 2 aliphatic heterocycles. The number of nitrogens with zero attached hydrogens (tertiary/aromatic N) is 1. The first-order valence-corrected chi connectivity index (χ1v) is 9.82. The van der Waals surface area contributed by atoms with Crippen molar-refractivity contribution >= 4 is 23.2 Å². The zero-order valence-corrected chi connectivity index (χ0v) is 16.9. The summed E-state index contributed by atoms with van der Waals surface area (Å²) < 4.78 is 11.3. The topological polar surface area (TPSA) is 74.2 Å². The highest BCUT2D eigenvalue weighted by Gasteiger charge is 2.28. The van der Waals surface area contributed by atoms with E-state index in [0.29, 0.717) is 47.7 Å². The Morgan fingerprint density at radius 3 is 2.71 bits per heavy atom. The summed E-state index contributed by atoms with van der Waals surface area (Å²) in [4.78, 5) is 1.99. The third-order valence-corrected chi connectivity index (χ3v) is 5.69. The number of rotatable bonds is 4. The van der Waals surface area contributed by atoms with Gasteiger partial charge in [-0.15, -0.1) is 0 Å². The second kappa shape index (κ2) is 8.06. The van der Waals surface area contributed by atoms with Crippen LogP contribution in [0.15, 0.2) is 24.3 Å². The van der Waals surface area contributed by atoms with E-state index in [1.54, 1.807) is 19.2 Å². The van der Waals surface area contributed by atoms with Gasteiger partial charge in [0.05, 0.1) is 24.3 Å². The van der Waals surface area contributed by atoms with E-state index < -0.39 is 12.2 Å². The van der Waals surface area contributed by atoms with Crippen molar-refractivity contribution in [2.24, 2.45) is 0 Å². The number of benzene rings is 2. The van der Waals surface area contributed by atoms with Crippen LogP contribution in [0.25, 0.3) is 0 Å². The highest BCUT2D eigenvalue weighted by molar-refractivity contribution is 6.31. The minimum absolute atomic E-state index is 0.288. The number of fused-ring (bicyclic) bond motifs is 2. The lowest BCUT2D eigenvalue weighted by molar-refractivity contribution is 0.0422. The van der Waals surface area contributed by atoms with Gasteiger partial charge in [0.2, 0.25) is 0 Å². The maximum atomic E-state index is 10.6. The number of hydrogen-bond acceptors (Lipinski definition) is 6. The first kappa shape index (κ1) is 19.8. The van der Waals surface area contributed by atoms with Gasteiger partial charge >= 0.3 is 0 Å². The molecule has 0 amide bonds. The molecule has 2 aromatic carbocycles. The Morgan fingerprint density at radius 2 is 1.93 bits per heavy atom. The number of nitrogens with one attached hydrogen (secondary N) is 1. The quantitative estimate of drug-likeness (QED) is 0.700. The molecule has 0 saturated heterocycles. The summed E-state index contributed by atoms with van der Waals surface area (Å²) in [5.41, 5.74) is 3.39. The summed E-state index contributed by atoms with van der Waals surface area (Å²) in [6, 6.07) is 7.18. The van der Waals surface area contributed by atoms with Gasteiger partial charge in [0.1, 0.15) is 18.2 Å². The highest BCUT2D eigenvalue weighted by atomic mass is 35.5. The first-order chi connectivity index (χ1) is 13.5. The fourth-order valence-corrected chi connectivity index (χ4v) is 4.51. The molecule has 2 aliphatic rings. The molecule has 0 aliphatic carbocycles. The monoisotopic (exact) mass is 424 g/mol. The van der Waals surface area contributed by atoms with Gasteiger partial charge in [-0.25, -0.2) is 0 Å². The van der Waals surface area contributed by atoms with Gasteiger partial charge in [0, 0.05) is 42.3 Å². The van der Waals surface area contributed by atoms with Crippen molar-refractivity contribution in [1.82, 2.24) is 10.2 Å². The van der Waals surface area contributed by atoms with Gasteiger partial charge in [-0.05, 0) is 35.4 Å². The lowest BCUT2D eigenvalue weighted by Crippen LogP contribution is -2.36. The van der Waals surface area contributed by atoms with Crippen LogP contribution in [0.1, 0.15) is 34.5 Å². The molecule has 2 aromatic rings. The lowest BCUT2D eigenvalue weighted by Gasteiger charge is -2.33. The van der Waals surface area contributed by atoms with Gasteiger partial charge < -0.3 is 25.0 Å². The van der Waals surface area contributed by atoms with Gasteiger partial charge in [-0.1, -0.05) is 23.2 Å². The molecule has 2 unspecified atom stereocenters. The van der Waals surface area contributed by atoms with Crippen molar-refractivity contribution in [3.63, 3.8) is 0 Å². The van der Waals surface area contributed by atoms with Crippen molar-refractivity contribution in [3.8, 4) is 11.5 Å². The second-order valence-electron chi connectivity index (χ2n) is 7.11. The molecule has 8 heteroatoms. The van der Waals surface area contributed by atoms with Crippen molar-refractivity contribution in [1.29, 1.82) is 0 Å². The Hall–Kier alpha value is -1.54. The van der Waals surface area contributed by atoms with Crippen molar-refractivity contribution in [3.05, 3.63) is 56.6 Å². The van der Waals surface area contributed by atoms with E-state index in [4.69, 9.17) is 32.7 Å². The Morgan fingerprint density at radius 1 is 1.11 bits per heavy atom. The molecular weight excluding hydrogens is 403 g/mol. The maximum Gasteiger partial charge on any atom is 0.142 e. The number of methoxy groups -OCH3 is 1. The zero-order valence-electron chi connectivity index (χ0n) is 15.4. The molecule has 150 valence electrons. The standard InChI is InChI=1S/C20H22Cl2N2O4/c1-27-18-4-13(21)2-12-8-24(9-17(26)20(12)18)10-28-14-3-11-6-23-7-16(25)19(11)15(22)5-14/h2-5,16-17,23,25-26H,6-10H2,1H3. The molecule has 0 radical (unpaired) electrons. The van der Waals surface area contributed by atoms with Crippen LogP contribution in [0.4, 0.5) is 0 Å². The predicted molar refractivity (Wildman–Crippen MR) is 107 cm³/mol. The van der Waals surface area contributed by atoms with E-state index in [1.165, 1.54) is 0 Å². The third kappa shape index (κ3) is 3.81. The van der Waals surface area contributed by atoms with Gasteiger partial charge in [-0.2, -0.15) is 0 Å². The number of hydrogen-bond donors (Lipinski definition) is 3. The van der Waals surface area contributed by atoms with Crippen LogP contribution in [0.3, 0.4) is 0 Å². The van der Waals surface area contributed by atoms with Crippen LogP contribution < -0.4 is 14.8 Å². The van der Waals surface area contributed by atoms with E-state index >= 15 is 0 Å². The maximum absolute atomic E-state index is 10.6. The number of aliphatic hydroxyl groups excluding tert-OH is 2. The fourth-order valence-electron chi connectivity index (χ4n) is 3.93. The fraction of sp³-hybridized carbons (Fsp3) is 0.400. The Labute approximate surface area is 173 Å². The molecule has 0 spiro atoms. The molecule has 3 N–H and O–H groups in total. The van der Waals surface area contributed by atoms with E-state index in [-0.39, 0.29) is 6.73 Å². The zero-order chi connectivity index (χ0) is 19.8. The van der Waals surface area contributed by atoms with E-state index in [0.717, 1.165) is 22.3 Å². The number of β-amino-alcohol motifs (C(OH)–C–C–N with tert-alkyl or cyclic N) is 2. The molecule has 2 heterocycles. The van der Waals surface area contributed by atoms with Gasteiger partial charge in [0.15, 0.2) is 0 Å². The Balaban J connectivity index is 1.49. The largest absolute Gasteiger partial charge is 0.496 e.